The molecule has 0 saturated carbocycles. The molecule has 6 nitrogen and oxygen atoms in total. The summed E-state index contributed by atoms with van der Waals surface area (Å²) in [6.45, 7) is 0. The average molecular weight is 362 g/mol. The number of methoxy groups -OCH3 is 1. The van der Waals surface area contributed by atoms with E-state index in [0.717, 1.165) is 0 Å². The Bertz CT molecular complexity index is 1180. The van der Waals surface area contributed by atoms with Crippen LogP contribution in [0.1, 0.15) is 0 Å². The van der Waals surface area contributed by atoms with Crippen LogP contribution in [0.25, 0.3) is 16.6 Å². The Morgan fingerprint density at radius 1 is 1.11 bits per heavy atom. The average Bonchev–Trinajstić information content (AvgIpc) is 2.70. The molecule has 134 valence electrons. The molecule has 4 aromatic rings. The summed E-state index contributed by atoms with van der Waals surface area (Å²) in [7, 11) is 1.52. The van der Waals surface area contributed by atoms with Crippen LogP contribution in [0, 0.1) is 5.82 Å². The lowest BCUT2D eigenvalue weighted by Crippen LogP contribution is -2.23. The standard InChI is InChI=1S/C20H15FN4O2/c1-27-18-7-3-2-6-17(18)25-19(26)15-11-13(21)8-9-16(15)24-20(25)23-14-5-4-10-22-12-14/h2-12H,1H3,(H,23,24). The molecule has 0 spiro atoms. The van der Waals surface area contributed by atoms with Crippen LogP contribution in [0.3, 0.4) is 0 Å². The van der Waals surface area contributed by atoms with E-state index < -0.39 is 11.4 Å². The van der Waals surface area contributed by atoms with Gasteiger partial charge in [-0.05, 0) is 42.5 Å². The molecule has 27 heavy (non-hydrogen) atoms. The topological polar surface area (TPSA) is 69.0 Å². The van der Waals surface area contributed by atoms with Gasteiger partial charge in [-0.25, -0.2) is 13.9 Å². The fraction of sp³-hybridized carbons (Fsp3) is 0.0500. The van der Waals surface area contributed by atoms with Crippen molar-refractivity contribution >= 4 is 22.5 Å². The number of pyridine rings is 1. The molecule has 0 aliphatic rings. The first-order valence-electron chi connectivity index (χ1n) is 8.20. The number of nitrogens with one attached hydrogen (secondary N) is 1. The summed E-state index contributed by atoms with van der Waals surface area (Å²) < 4.78 is 20.5. The summed E-state index contributed by atoms with van der Waals surface area (Å²) in [6.07, 6.45) is 3.27. The van der Waals surface area contributed by atoms with Crippen molar-refractivity contribution in [1.29, 1.82) is 0 Å². The number of para-hydroxylation sites is 2. The Labute approximate surface area is 153 Å². The highest BCUT2D eigenvalue weighted by molar-refractivity contribution is 5.80. The van der Waals surface area contributed by atoms with Gasteiger partial charge in [-0.15, -0.1) is 0 Å². The van der Waals surface area contributed by atoms with E-state index in [4.69, 9.17) is 4.74 Å². The second-order valence-electron chi connectivity index (χ2n) is 5.78. The van der Waals surface area contributed by atoms with Crippen molar-refractivity contribution in [3.05, 3.63) is 83.2 Å². The highest BCUT2D eigenvalue weighted by atomic mass is 19.1. The molecular formula is C20H15FN4O2. The molecule has 4 rings (SSSR count). The number of anilines is 2. The Balaban J connectivity index is 2.03. The third kappa shape index (κ3) is 3.10. The summed E-state index contributed by atoms with van der Waals surface area (Å²) in [5, 5.41) is 3.29. The summed E-state index contributed by atoms with van der Waals surface area (Å²) in [5.74, 6) is 0.268. The van der Waals surface area contributed by atoms with Crippen molar-refractivity contribution in [3.8, 4) is 11.4 Å². The third-order valence-corrected chi connectivity index (χ3v) is 4.07. The van der Waals surface area contributed by atoms with Gasteiger partial charge in [0.15, 0.2) is 0 Å². The molecule has 0 fully saturated rings. The van der Waals surface area contributed by atoms with E-state index in [1.807, 2.05) is 0 Å². The van der Waals surface area contributed by atoms with Gasteiger partial charge in [0.05, 0.1) is 35.6 Å². The lowest BCUT2D eigenvalue weighted by molar-refractivity contribution is 0.412. The molecule has 1 N–H and O–H groups in total. The highest BCUT2D eigenvalue weighted by Crippen LogP contribution is 2.26. The molecule has 0 unspecified atom stereocenters. The molecule has 0 bridgehead atoms. The van der Waals surface area contributed by atoms with E-state index in [-0.39, 0.29) is 11.3 Å². The maximum Gasteiger partial charge on any atom is 0.267 e. The van der Waals surface area contributed by atoms with E-state index >= 15 is 0 Å². The zero-order valence-electron chi connectivity index (χ0n) is 14.4. The highest BCUT2D eigenvalue weighted by Gasteiger charge is 2.16. The van der Waals surface area contributed by atoms with Gasteiger partial charge in [0.1, 0.15) is 11.6 Å². The molecular weight excluding hydrogens is 347 g/mol. The molecule has 0 aliphatic carbocycles. The Morgan fingerprint density at radius 2 is 1.96 bits per heavy atom. The monoisotopic (exact) mass is 362 g/mol. The van der Waals surface area contributed by atoms with Gasteiger partial charge >= 0.3 is 0 Å². The summed E-state index contributed by atoms with van der Waals surface area (Å²) in [5.41, 5.74) is 1.14. The summed E-state index contributed by atoms with van der Waals surface area (Å²) in [4.78, 5) is 21.8. The quantitative estimate of drug-likeness (QED) is 0.600. The van der Waals surface area contributed by atoms with Crippen LogP contribution in [0.15, 0.2) is 71.8 Å². The fourth-order valence-corrected chi connectivity index (χ4v) is 2.85. The van der Waals surface area contributed by atoms with Crippen molar-refractivity contribution in [3.63, 3.8) is 0 Å². The number of benzene rings is 2. The molecule has 2 aromatic carbocycles. The van der Waals surface area contributed by atoms with Crippen LogP contribution >= 0.6 is 0 Å². The zero-order chi connectivity index (χ0) is 18.8. The van der Waals surface area contributed by atoms with Crippen LogP contribution < -0.4 is 15.6 Å². The van der Waals surface area contributed by atoms with Gasteiger partial charge in [-0.2, -0.15) is 0 Å². The number of hydrogen-bond donors (Lipinski definition) is 1. The molecule has 2 aromatic heterocycles. The number of ether oxygens (including phenoxy) is 1. The normalized spacial score (nSPS) is 10.7. The van der Waals surface area contributed by atoms with Crippen LogP contribution in [0.2, 0.25) is 0 Å². The number of aromatic nitrogens is 3. The van der Waals surface area contributed by atoms with Crippen LogP contribution in [0.5, 0.6) is 5.75 Å². The van der Waals surface area contributed by atoms with Crippen molar-refractivity contribution < 1.29 is 9.13 Å². The van der Waals surface area contributed by atoms with Gasteiger partial charge in [-0.1, -0.05) is 12.1 Å². The second-order valence-corrected chi connectivity index (χ2v) is 5.78. The predicted molar refractivity (Wildman–Crippen MR) is 101 cm³/mol. The van der Waals surface area contributed by atoms with Gasteiger partial charge < -0.3 is 10.1 Å². The van der Waals surface area contributed by atoms with Gasteiger partial charge in [0, 0.05) is 6.20 Å². The molecule has 7 heteroatoms. The zero-order valence-corrected chi connectivity index (χ0v) is 14.4. The summed E-state index contributed by atoms with van der Waals surface area (Å²) in [6, 6.07) is 14.6. The van der Waals surface area contributed by atoms with Gasteiger partial charge in [0.25, 0.3) is 5.56 Å². The lowest BCUT2D eigenvalue weighted by atomic mass is 10.2. The van der Waals surface area contributed by atoms with Gasteiger partial charge in [-0.3, -0.25) is 9.78 Å². The van der Waals surface area contributed by atoms with E-state index in [9.17, 15) is 9.18 Å². The van der Waals surface area contributed by atoms with Crippen LogP contribution in [-0.4, -0.2) is 21.6 Å². The number of fused-ring (bicyclic) bond motifs is 1. The minimum atomic E-state index is -0.499. The molecule has 0 radical (unpaired) electrons. The molecule has 0 amide bonds. The number of hydrogen-bond acceptors (Lipinski definition) is 5. The summed E-state index contributed by atoms with van der Waals surface area (Å²) >= 11 is 0. The van der Waals surface area contributed by atoms with Gasteiger partial charge in [0.2, 0.25) is 5.95 Å². The smallest absolute Gasteiger partial charge is 0.267 e. The molecule has 2 heterocycles. The molecule has 0 atom stereocenters. The first kappa shape index (κ1) is 16.7. The van der Waals surface area contributed by atoms with Crippen molar-refractivity contribution in [1.82, 2.24) is 14.5 Å². The Kier molecular flexibility index (Phi) is 4.25. The Hall–Kier alpha value is -3.74. The first-order valence-corrected chi connectivity index (χ1v) is 8.20. The van der Waals surface area contributed by atoms with Crippen LogP contribution in [-0.2, 0) is 0 Å². The molecule has 0 aliphatic heterocycles. The van der Waals surface area contributed by atoms with E-state index in [2.05, 4.69) is 15.3 Å². The fourth-order valence-electron chi connectivity index (χ4n) is 2.85. The van der Waals surface area contributed by atoms with Crippen molar-refractivity contribution in [2.75, 3.05) is 12.4 Å². The third-order valence-electron chi connectivity index (χ3n) is 4.07. The first-order chi connectivity index (χ1) is 13.2. The maximum absolute atomic E-state index is 13.7. The van der Waals surface area contributed by atoms with E-state index in [1.165, 1.54) is 29.9 Å². The maximum atomic E-state index is 13.7. The largest absolute Gasteiger partial charge is 0.495 e. The minimum absolute atomic E-state index is 0.178. The molecule has 0 saturated heterocycles. The van der Waals surface area contributed by atoms with Crippen LogP contribution in [0.4, 0.5) is 16.0 Å². The van der Waals surface area contributed by atoms with E-state index in [1.54, 1.807) is 48.8 Å². The second kappa shape index (κ2) is 6.87. The minimum Gasteiger partial charge on any atom is -0.495 e. The lowest BCUT2D eigenvalue weighted by Gasteiger charge is -2.17. The Morgan fingerprint density at radius 3 is 2.74 bits per heavy atom. The van der Waals surface area contributed by atoms with E-state index in [0.29, 0.717) is 22.6 Å². The SMILES string of the molecule is COc1ccccc1-n1c(Nc2cccnc2)nc2ccc(F)cc2c1=O. The predicted octanol–water partition coefficient (Wildman–Crippen LogP) is 3.67. The number of rotatable bonds is 4. The number of halogens is 1. The number of nitrogens with zero attached hydrogens (tertiary/aromatic N) is 3. The van der Waals surface area contributed by atoms with Crippen molar-refractivity contribution in [2.45, 2.75) is 0 Å². The van der Waals surface area contributed by atoms with Crippen molar-refractivity contribution in [2.24, 2.45) is 0 Å².